The molecular weight excluding hydrogens is 468 g/mol. The monoisotopic (exact) mass is 530 g/mol. The zero-order valence-corrected chi connectivity index (χ0v) is 25.4. The van der Waals surface area contributed by atoms with Gasteiger partial charge in [-0.15, -0.1) is 0 Å². The van der Waals surface area contributed by atoms with E-state index in [-0.39, 0.29) is 10.6 Å². The van der Waals surface area contributed by atoms with Crippen molar-refractivity contribution in [1.29, 1.82) is 0 Å². The lowest BCUT2D eigenvalue weighted by molar-refractivity contribution is -0.384. The highest BCUT2D eigenvalue weighted by atomic mass is 16.6. The predicted octanol–water partition coefficient (Wildman–Crippen LogP) is 11.8. The largest absolute Gasteiger partial charge is 0.366 e. The van der Waals surface area contributed by atoms with Crippen LogP contribution in [0.4, 0.5) is 11.4 Å². The Kier molecular flexibility index (Phi) is 23.3. The summed E-state index contributed by atoms with van der Waals surface area (Å²) in [4.78, 5) is 13.7. The van der Waals surface area contributed by atoms with Crippen molar-refractivity contribution >= 4 is 11.4 Å². The maximum Gasteiger partial charge on any atom is 0.292 e. The topological polar surface area (TPSA) is 46.4 Å². The number of rotatable bonds is 28. The van der Waals surface area contributed by atoms with Crippen LogP contribution in [0, 0.1) is 10.1 Å². The third-order valence-electron chi connectivity index (χ3n) is 7.98. The standard InChI is InChI=1S/C34H62N2O2/c1-3-5-7-9-11-13-15-17-19-21-23-27-31-35(33-29-25-26-30-34(33)36(37)38)32-28-24-22-20-18-16-14-12-10-8-6-4-2/h25-26,29-30H,3-24,27-28,31-32H2,1-2H3. The lowest BCUT2D eigenvalue weighted by atomic mass is 10.0. The lowest BCUT2D eigenvalue weighted by Gasteiger charge is -2.24. The Hall–Kier alpha value is -1.58. The van der Waals surface area contributed by atoms with Gasteiger partial charge in [0.05, 0.1) is 4.92 Å². The van der Waals surface area contributed by atoms with E-state index in [4.69, 9.17) is 0 Å². The van der Waals surface area contributed by atoms with Crippen LogP contribution in [0.5, 0.6) is 0 Å². The molecule has 38 heavy (non-hydrogen) atoms. The zero-order chi connectivity index (χ0) is 27.5. The highest BCUT2D eigenvalue weighted by molar-refractivity contribution is 5.63. The molecule has 0 bridgehead atoms. The Bertz CT molecular complexity index is 636. The van der Waals surface area contributed by atoms with Gasteiger partial charge in [0.2, 0.25) is 0 Å². The summed E-state index contributed by atoms with van der Waals surface area (Å²) in [7, 11) is 0. The Morgan fingerprint density at radius 1 is 0.526 bits per heavy atom. The molecule has 4 heteroatoms. The molecule has 4 nitrogen and oxygen atoms in total. The number of benzene rings is 1. The minimum Gasteiger partial charge on any atom is -0.366 e. The summed E-state index contributed by atoms with van der Waals surface area (Å²) >= 11 is 0. The number of nitrogens with zero attached hydrogens (tertiary/aromatic N) is 2. The molecule has 0 radical (unpaired) electrons. The number of unbranched alkanes of at least 4 members (excludes halogenated alkanes) is 22. The van der Waals surface area contributed by atoms with Crippen molar-refractivity contribution in [3.05, 3.63) is 34.4 Å². The van der Waals surface area contributed by atoms with Crippen molar-refractivity contribution in [1.82, 2.24) is 0 Å². The van der Waals surface area contributed by atoms with Crippen molar-refractivity contribution in [3.8, 4) is 0 Å². The molecule has 0 N–H and O–H groups in total. The predicted molar refractivity (Wildman–Crippen MR) is 167 cm³/mol. The van der Waals surface area contributed by atoms with Crippen LogP contribution < -0.4 is 4.90 Å². The van der Waals surface area contributed by atoms with E-state index < -0.39 is 0 Å². The summed E-state index contributed by atoms with van der Waals surface area (Å²) in [5.41, 5.74) is 1.06. The van der Waals surface area contributed by atoms with Gasteiger partial charge >= 0.3 is 0 Å². The Morgan fingerprint density at radius 2 is 0.842 bits per heavy atom. The quantitative estimate of drug-likeness (QED) is 0.0614. The summed E-state index contributed by atoms with van der Waals surface area (Å²) in [6, 6.07) is 7.33. The maximum absolute atomic E-state index is 11.7. The molecule has 0 heterocycles. The van der Waals surface area contributed by atoms with Gasteiger partial charge in [0.15, 0.2) is 0 Å². The van der Waals surface area contributed by atoms with E-state index >= 15 is 0 Å². The molecule has 0 fully saturated rings. The molecule has 0 saturated heterocycles. The second kappa shape index (κ2) is 25.7. The van der Waals surface area contributed by atoms with E-state index in [9.17, 15) is 10.1 Å². The van der Waals surface area contributed by atoms with Gasteiger partial charge in [0.25, 0.3) is 5.69 Å². The molecule has 0 aliphatic heterocycles. The summed E-state index contributed by atoms with van der Waals surface area (Å²) in [6.07, 6.45) is 32.1. The third kappa shape index (κ3) is 18.6. The number of anilines is 1. The number of hydrogen-bond donors (Lipinski definition) is 0. The first kappa shape index (κ1) is 34.4. The van der Waals surface area contributed by atoms with E-state index in [2.05, 4.69) is 18.7 Å². The van der Waals surface area contributed by atoms with Crippen molar-refractivity contribution < 1.29 is 4.92 Å². The minimum atomic E-state index is -0.215. The Balaban J connectivity index is 2.25. The van der Waals surface area contributed by atoms with Crippen molar-refractivity contribution in [2.45, 2.75) is 168 Å². The van der Waals surface area contributed by atoms with E-state index in [1.807, 2.05) is 12.1 Å². The smallest absolute Gasteiger partial charge is 0.292 e. The van der Waals surface area contributed by atoms with Gasteiger partial charge in [-0.1, -0.05) is 167 Å². The molecule has 0 unspecified atom stereocenters. The van der Waals surface area contributed by atoms with E-state index in [1.54, 1.807) is 12.1 Å². The molecule has 1 aromatic carbocycles. The molecule has 0 aliphatic carbocycles. The average Bonchev–Trinajstić information content (AvgIpc) is 2.93. The molecule has 220 valence electrons. The highest BCUT2D eigenvalue weighted by Crippen LogP contribution is 2.28. The number of hydrogen-bond acceptors (Lipinski definition) is 3. The van der Waals surface area contributed by atoms with Gasteiger partial charge in [-0.3, -0.25) is 10.1 Å². The van der Waals surface area contributed by atoms with Crippen LogP contribution in [-0.4, -0.2) is 18.0 Å². The van der Waals surface area contributed by atoms with Crippen LogP contribution in [0.1, 0.15) is 168 Å². The fourth-order valence-electron chi connectivity index (χ4n) is 5.53. The van der Waals surface area contributed by atoms with Gasteiger partial charge in [0.1, 0.15) is 5.69 Å². The molecule has 1 rings (SSSR count). The second-order valence-electron chi connectivity index (χ2n) is 11.5. The Morgan fingerprint density at radius 3 is 1.18 bits per heavy atom. The molecule has 0 aliphatic rings. The Labute approximate surface area is 236 Å². The van der Waals surface area contributed by atoms with Gasteiger partial charge in [-0.05, 0) is 18.9 Å². The second-order valence-corrected chi connectivity index (χ2v) is 11.5. The van der Waals surface area contributed by atoms with Gasteiger partial charge < -0.3 is 4.90 Å². The van der Waals surface area contributed by atoms with Crippen LogP contribution in [0.25, 0.3) is 0 Å². The van der Waals surface area contributed by atoms with Crippen LogP contribution in [0.15, 0.2) is 24.3 Å². The van der Waals surface area contributed by atoms with Crippen LogP contribution in [0.3, 0.4) is 0 Å². The molecular formula is C34H62N2O2. The average molecular weight is 531 g/mol. The van der Waals surface area contributed by atoms with Crippen LogP contribution in [0.2, 0.25) is 0 Å². The summed E-state index contributed by atoms with van der Waals surface area (Å²) in [5.74, 6) is 0. The van der Waals surface area contributed by atoms with Crippen LogP contribution in [-0.2, 0) is 0 Å². The summed E-state index contributed by atoms with van der Waals surface area (Å²) in [6.45, 7) is 6.42. The van der Waals surface area contributed by atoms with Crippen molar-refractivity contribution in [3.63, 3.8) is 0 Å². The zero-order valence-electron chi connectivity index (χ0n) is 25.4. The minimum absolute atomic E-state index is 0.215. The number of nitro groups is 1. The van der Waals surface area contributed by atoms with E-state index in [1.165, 1.54) is 141 Å². The van der Waals surface area contributed by atoms with Gasteiger partial charge in [0, 0.05) is 19.2 Å². The first-order chi connectivity index (χ1) is 18.7. The first-order valence-corrected chi connectivity index (χ1v) is 16.7. The van der Waals surface area contributed by atoms with E-state index in [0.717, 1.165) is 31.6 Å². The fraction of sp³-hybridized carbons (Fsp3) is 0.824. The van der Waals surface area contributed by atoms with Gasteiger partial charge in [-0.2, -0.15) is 0 Å². The summed E-state index contributed by atoms with van der Waals surface area (Å²) in [5, 5.41) is 11.7. The summed E-state index contributed by atoms with van der Waals surface area (Å²) < 4.78 is 0. The number of para-hydroxylation sites is 2. The lowest BCUT2D eigenvalue weighted by Crippen LogP contribution is -2.26. The third-order valence-corrected chi connectivity index (χ3v) is 7.98. The normalized spacial score (nSPS) is 11.2. The molecule has 1 aromatic rings. The molecule has 0 amide bonds. The van der Waals surface area contributed by atoms with Crippen molar-refractivity contribution in [2.24, 2.45) is 0 Å². The molecule has 0 saturated carbocycles. The van der Waals surface area contributed by atoms with E-state index in [0.29, 0.717) is 0 Å². The highest BCUT2D eigenvalue weighted by Gasteiger charge is 2.18. The number of nitro benzene ring substituents is 1. The molecule has 0 aromatic heterocycles. The fourth-order valence-corrected chi connectivity index (χ4v) is 5.53. The maximum atomic E-state index is 11.7. The van der Waals surface area contributed by atoms with Gasteiger partial charge in [-0.25, -0.2) is 0 Å². The van der Waals surface area contributed by atoms with Crippen molar-refractivity contribution in [2.75, 3.05) is 18.0 Å². The first-order valence-electron chi connectivity index (χ1n) is 16.7. The SMILES string of the molecule is CCCCCCCCCCCCCCN(CCCCCCCCCCCCCC)c1ccccc1[N+](=O)[O-]. The van der Waals surface area contributed by atoms with Crippen LogP contribution >= 0.6 is 0 Å². The molecule has 0 spiro atoms. The molecule has 0 atom stereocenters.